The molecule has 1 fully saturated rings. The third-order valence-electron chi connectivity index (χ3n) is 2.94. The molecule has 1 aromatic rings. The van der Waals surface area contributed by atoms with E-state index in [4.69, 9.17) is 22.0 Å². The van der Waals surface area contributed by atoms with Crippen LogP contribution in [0.3, 0.4) is 0 Å². The number of halogens is 1. The van der Waals surface area contributed by atoms with Crippen molar-refractivity contribution in [1.29, 1.82) is 5.26 Å². The number of sulfonamides is 1. The number of anilines is 1. The molecule has 1 aromatic carbocycles. The maximum atomic E-state index is 11.8. The highest BCUT2D eigenvalue weighted by Gasteiger charge is 2.37. The van der Waals surface area contributed by atoms with Gasteiger partial charge < -0.3 is 4.90 Å². The number of nitrogens with two attached hydrogens (primary N) is 1. The molecule has 19 heavy (non-hydrogen) atoms. The first-order valence-electron chi connectivity index (χ1n) is 5.34. The molecule has 6 nitrogen and oxygen atoms in total. The summed E-state index contributed by atoms with van der Waals surface area (Å²) < 4.78 is 22.5. The van der Waals surface area contributed by atoms with Gasteiger partial charge in [-0.1, -0.05) is 11.6 Å². The Hall–Kier alpha value is -1.62. The summed E-state index contributed by atoms with van der Waals surface area (Å²) in [6.07, 6.45) is -0.142. The molecule has 1 amide bonds. The highest BCUT2D eigenvalue weighted by atomic mass is 35.5. The molecule has 0 aliphatic carbocycles. The highest BCUT2D eigenvalue weighted by molar-refractivity contribution is 7.89. The van der Waals surface area contributed by atoms with Crippen LogP contribution < -0.4 is 10.0 Å². The van der Waals surface area contributed by atoms with Gasteiger partial charge in [-0.2, -0.15) is 5.26 Å². The summed E-state index contributed by atoms with van der Waals surface area (Å²) in [6.45, 7) is -0.000103. The number of carbonyl (C=O) groups is 1. The van der Waals surface area contributed by atoms with E-state index in [1.165, 1.54) is 17.0 Å². The van der Waals surface area contributed by atoms with Crippen LogP contribution in [-0.2, 0) is 14.8 Å². The van der Waals surface area contributed by atoms with Crippen molar-refractivity contribution in [3.05, 3.63) is 28.8 Å². The maximum Gasteiger partial charge on any atom is 0.228 e. The lowest BCUT2D eigenvalue weighted by molar-refractivity contribution is -0.117. The number of amides is 1. The first-order valence-corrected chi connectivity index (χ1v) is 7.33. The van der Waals surface area contributed by atoms with Crippen LogP contribution in [0.2, 0.25) is 5.02 Å². The number of benzene rings is 1. The molecule has 0 aromatic heterocycles. The van der Waals surface area contributed by atoms with E-state index in [2.05, 4.69) is 0 Å². The summed E-state index contributed by atoms with van der Waals surface area (Å²) in [5.41, 5.74) is 0.750. The predicted octanol–water partition coefficient (Wildman–Crippen LogP) is 0.605. The normalized spacial score (nSPS) is 19.5. The third-order valence-corrected chi connectivity index (χ3v) is 4.50. The smallest absolute Gasteiger partial charge is 0.228 e. The number of nitrogens with zero attached hydrogens (tertiary/aromatic N) is 2. The Morgan fingerprint density at radius 3 is 2.63 bits per heavy atom. The molecule has 1 unspecified atom stereocenters. The van der Waals surface area contributed by atoms with Crippen LogP contribution in [0, 0.1) is 11.3 Å². The van der Waals surface area contributed by atoms with Gasteiger partial charge in [0.25, 0.3) is 0 Å². The summed E-state index contributed by atoms with van der Waals surface area (Å²) in [4.78, 5) is 13.1. The van der Waals surface area contributed by atoms with Crippen LogP contribution in [0.1, 0.15) is 12.0 Å². The summed E-state index contributed by atoms with van der Waals surface area (Å²) in [5.74, 6) is -0.334. The second-order valence-corrected chi connectivity index (χ2v) is 6.45. The van der Waals surface area contributed by atoms with Crippen molar-refractivity contribution in [2.24, 2.45) is 5.14 Å². The van der Waals surface area contributed by atoms with E-state index < -0.39 is 15.3 Å². The summed E-state index contributed by atoms with van der Waals surface area (Å²) in [6, 6.07) is 6.40. The zero-order valence-electron chi connectivity index (χ0n) is 9.71. The average Bonchev–Trinajstić information content (AvgIpc) is 2.71. The lowest BCUT2D eigenvalue weighted by Crippen LogP contribution is -2.32. The molecule has 1 aliphatic heterocycles. The Morgan fingerprint density at radius 2 is 2.16 bits per heavy atom. The number of hydrogen-bond acceptors (Lipinski definition) is 4. The molecule has 1 heterocycles. The number of rotatable bonds is 2. The summed E-state index contributed by atoms with van der Waals surface area (Å²) >= 11 is 5.88. The molecule has 1 aliphatic rings. The van der Waals surface area contributed by atoms with Gasteiger partial charge in [-0.25, -0.2) is 13.6 Å². The van der Waals surface area contributed by atoms with E-state index in [1.54, 1.807) is 6.07 Å². The van der Waals surface area contributed by atoms with E-state index in [-0.39, 0.29) is 23.9 Å². The van der Waals surface area contributed by atoms with Gasteiger partial charge >= 0.3 is 0 Å². The molecule has 0 radical (unpaired) electrons. The van der Waals surface area contributed by atoms with Crippen LogP contribution >= 0.6 is 11.6 Å². The fourth-order valence-electron chi connectivity index (χ4n) is 1.91. The summed E-state index contributed by atoms with van der Waals surface area (Å²) in [7, 11) is -3.75. The fourth-order valence-corrected chi connectivity index (χ4v) is 2.86. The Labute approximate surface area is 115 Å². The SMILES string of the molecule is N#Cc1ccc(N2CC(S(N)(=O)=O)CC2=O)cc1Cl. The first-order chi connectivity index (χ1) is 8.82. The number of primary sulfonamides is 1. The van der Waals surface area contributed by atoms with E-state index in [1.807, 2.05) is 6.07 Å². The van der Waals surface area contributed by atoms with Gasteiger partial charge in [-0.15, -0.1) is 0 Å². The van der Waals surface area contributed by atoms with Crippen LogP contribution in [0.4, 0.5) is 5.69 Å². The summed E-state index contributed by atoms with van der Waals surface area (Å²) in [5, 5.41) is 13.1. The second-order valence-electron chi connectivity index (χ2n) is 4.20. The minimum atomic E-state index is -3.75. The monoisotopic (exact) mass is 299 g/mol. The van der Waals surface area contributed by atoms with Crippen molar-refractivity contribution >= 4 is 33.2 Å². The molecule has 8 heteroatoms. The molecule has 0 saturated carbocycles. The van der Waals surface area contributed by atoms with Crippen molar-refractivity contribution in [3.8, 4) is 6.07 Å². The van der Waals surface area contributed by atoms with Crippen molar-refractivity contribution in [3.63, 3.8) is 0 Å². The van der Waals surface area contributed by atoms with Gasteiger partial charge in [0.15, 0.2) is 0 Å². The number of carbonyl (C=O) groups excluding carboxylic acids is 1. The number of hydrogen-bond donors (Lipinski definition) is 1. The maximum absolute atomic E-state index is 11.8. The minimum absolute atomic E-state index is 0.000103. The lowest BCUT2D eigenvalue weighted by Gasteiger charge is -2.16. The Bertz CT molecular complexity index is 681. The third kappa shape index (κ3) is 2.71. The Morgan fingerprint density at radius 1 is 1.47 bits per heavy atom. The van der Waals surface area contributed by atoms with Gasteiger partial charge in [-0.05, 0) is 18.2 Å². The van der Waals surface area contributed by atoms with Crippen molar-refractivity contribution < 1.29 is 13.2 Å². The molecule has 1 atom stereocenters. The van der Waals surface area contributed by atoms with Crippen LogP contribution in [0.15, 0.2) is 18.2 Å². The van der Waals surface area contributed by atoms with Crippen LogP contribution in [0.5, 0.6) is 0 Å². The van der Waals surface area contributed by atoms with Crippen molar-refractivity contribution in [1.82, 2.24) is 0 Å². The molecule has 2 rings (SSSR count). The van der Waals surface area contributed by atoms with Gasteiger partial charge in [0.2, 0.25) is 15.9 Å². The largest absolute Gasteiger partial charge is 0.311 e. The molecule has 0 spiro atoms. The van der Waals surface area contributed by atoms with Gasteiger partial charge in [0.05, 0.1) is 10.6 Å². The van der Waals surface area contributed by atoms with E-state index in [0.29, 0.717) is 11.3 Å². The first kappa shape index (κ1) is 13.8. The van der Waals surface area contributed by atoms with Gasteiger partial charge in [0, 0.05) is 18.7 Å². The molecular formula is C11H10ClN3O3S. The van der Waals surface area contributed by atoms with Crippen LogP contribution in [0.25, 0.3) is 0 Å². The standard InChI is InChI=1S/C11H10ClN3O3S/c12-10-3-8(2-1-7(10)5-13)15-6-9(4-11(15)16)19(14,17)18/h1-3,9H,4,6H2,(H2,14,17,18). The molecule has 2 N–H and O–H groups in total. The second kappa shape index (κ2) is 4.81. The Balaban J connectivity index is 2.31. The lowest BCUT2D eigenvalue weighted by atomic mass is 10.2. The van der Waals surface area contributed by atoms with Crippen molar-refractivity contribution in [2.45, 2.75) is 11.7 Å². The van der Waals surface area contributed by atoms with Crippen molar-refractivity contribution in [2.75, 3.05) is 11.4 Å². The zero-order chi connectivity index (χ0) is 14.2. The predicted molar refractivity (Wildman–Crippen MR) is 70.0 cm³/mol. The topological polar surface area (TPSA) is 104 Å². The highest BCUT2D eigenvalue weighted by Crippen LogP contribution is 2.28. The zero-order valence-corrected chi connectivity index (χ0v) is 11.3. The van der Waals surface area contributed by atoms with Crippen LogP contribution in [-0.4, -0.2) is 26.1 Å². The molecular weight excluding hydrogens is 290 g/mol. The molecule has 100 valence electrons. The van der Waals surface area contributed by atoms with Gasteiger partial charge in [-0.3, -0.25) is 4.79 Å². The minimum Gasteiger partial charge on any atom is -0.311 e. The van der Waals surface area contributed by atoms with E-state index in [0.717, 1.165) is 0 Å². The molecule has 0 bridgehead atoms. The Kier molecular flexibility index (Phi) is 3.49. The van der Waals surface area contributed by atoms with Gasteiger partial charge in [0.1, 0.15) is 11.3 Å². The average molecular weight is 300 g/mol. The van der Waals surface area contributed by atoms with E-state index >= 15 is 0 Å². The van der Waals surface area contributed by atoms with E-state index in [9.17, 15) is 13.2 Å². The molecule has 1 saturated heterocycles. The quantitative estimate of drug-likeness (QED) is 0.863. The number of nitriles is 1. The fraction of sp³-hybridized carbons (Fsp3) is 0.273.